The number of carbonyl (C=O) groups excluding carboxylic acids is 1. The zero-order valence-electron chi connectivity index (χ0n) is 14.8. The van der Waals surface area contributed by atoms with E-state index in [1.54, 1.807) is 0 Å². The molecule has 0 bridgehead atoms. The van der Waals surface area contributed by atoms with E-state index in [1.165, 1.54) is 57.1 Å². The van der Waals surface area contributed by atoms with E-state index in [4.69, 9.17) is 4.74 Å². The molecule has 0 radical (unpaired) electrons. The van der Waals surface area contributed by atoms with Gasteiger partial charge in [0.25, 0.3) is 0 Å². The van der Waals surface area contributed by atoms with Gasteiger partial charge in [-0.3, -0.25) is 4.79 Å². The van der Waals surface area contributed by atoms with Crippen molar-refractivity contribution in [2.24, 2.45) is 11.8 Å². The molecule has 2 nitrogen and oxygen atoms in total. The molecule has 0 amide bonds. The number of alkyl halides is 3. The van der Waals surface area contributed by atoms with Gasteiger partial charge < -0.3 is 4.74 Å². The predicted octanol–water partition coefficient (Wildman–Crippen LogP) is 6.39. The van der Waals surface area contributed by atoms with Crippen molar-refractivity contribution in [1.82, 2.24) is 0 Å². The molecule has 2 rings (SSSR count). The summed E-state index contributed by atoms with van der Waals surface area (Å²) in [5, 5.41) is 0. The molecule has 1 aliphatic carbocycles. The number of esters is 1. The van der Waals surface area contributed by atoms with Gasteiger partial charge in [-0.15, -0.1) is 0 Å². The predicted molar refractivity (Wildman–Crippen MR) is 91.3 cm³/mol. The topological polar surface area (TPSA) is 26.3 Å². The molecule has 1 aromatic carbocycles. The van der Waals surface area contributed by atoms with Crippen LogP contribution in [0.15, 0.2) is 24.3 Å². The van der Waals surface area contributed by atoms with Crippen molar-refractivity contribution in [3.63, 3.8) is 0 Å². The maximum atomic E-state index is 12.5. The monoisotopic (exact) mass is 356 g/mol. The van der Waals surface area contributed by atoms with Crippen molar-refractivity contribution < 1.29 is 22.7 Å². The first-order valence-electron chi connectivity index (χ1n) is 9.26. The Morgan fingerprint density at radius 3 is 2.12 bits per heavy atom. The van der Waals surface area contributed by atoms with Gasteiger partial charge in [0.2, 0.25) is 0 Å². The fourth-order valence-corrected chi connectivity index (χ4v) is 3.52. The van der Waals surface area contributed by atoms with Gasteiger partial charge in [0.15, 0.2) is 0 Å². The minimum Gasteiger partial charge on any atom is -0.427 e. The molecule has 140 valence electrons. The highest BCUT2D eigenvalue weighted by molar-refractivity contribution is 5.72. The molecule has 0 aromatic heterocycles. The molecule has 5 heteroatoms. The van der Waals surface area contributed by atoms with Gasteiger partial charge in [0.1, 0.15) is 5.75 Å². The fourth-order valence-electron chi connectivity index (χ4n) is 3.52. The van der Waals surface area contributed by atoms with E-state index in [1.807, 2.05) is 0 Å². The molecule has 1 fully saturated rings. The van der Waals surface area contributed by atoms with Gasteiger partial charge in [0, 0.05) is 6.42 Å². The average Bonchev–Trinajstić information content (AvgIpc) is 2.59. The van der Waals surface area contributed by atoms with Crippen molar-refractivity contribution in [2.75, 3.05) is 0 Å². The van der Waals surface area contributed by atoms with E-state index in [-0.39, 0.29) is 11.7 Å². The summed E-state index contributed by atoms with van der Waals surface area (Å²) in [4.78, 5) is 11.9. The summed E-state index contributed by atoms with van der Waals surface area (Å²) < 4.78 is 42.6. The zero-order chi connectivity index (χ0) is 18.3. The zero-order valence-corrected chi connectivity index (χ0v) is 14.8. The summed E-state index contributed by atoms with van der Waals surface area (Å²) in [5.74, 6) is 1.21. The first-order valence-corrected chi connectivity index (χ1v) is 9.26. The number of unbranched alkanes of at least 4 members (excludes halogenated alkanes) is 1. The third-order valence-electron chi connectivity index (χ3n) is 5.10. The molecular formula is C20H27F3O2. The van der Waals surface area contributed by atoms with E-state index in [0.717, 1.165) is 24.5 Å². The van der Waals surface area contributed by atoms with Crippen LogP contribution in [0.5, 0.6) is 5.75 Å². The van der Waals surface area contributed by atoms with Crippen LogP contribution in [0, 0.1) is 11.8 Å². The molecule has 0 aliphatic heterocycles. The molecule has 25 heavy (non-hydrogen) atoms. The lowest BCUT2D eigenvalue weighted by atomic mass is 9.78. The Balaban J connectivity index is 1.69. The van der Waals surface area contributed by atoms with Crippen LogP contribution in [0.4, 0.5) is 13.2 Å². The Morgan fingerprint density at radius 2 is 1.60 bits per heavy atom. The molecule has 0 saturated heterocycles. The Morgan fingerprint density at radius 1 is 1.04 bits per heavy atom. The van der Waals surface area contributed by atoms with Crippen LogP contribution in [-0.2, 0) is 11.0 Å². The van der Waals surface area contributed by atoms with E-state index in [9.17, 15) is 18.0 Å². The Hall–Kier alpha value is -1.52. The molecule has 1 saturated carbocycles. The lowest BCUT2D eigenvalue weighted by Gasteiger charge is -2.28. The standard InChI is InChI=1S/C20H27F3O2/c1-2-3-4-15-5-7-16(8-6-15)9-14-19(24)25-18-12-10-17(11-13-18)20(21,22)23/h10-13,15-16H,2-9,14H2,1H3. The van der Waals surface area contributed by atoms with Crippen LogP contribution in [0.2, 0.25) is 0 Å². The van der Waals surface area contributed by atoms with Gasteiger partial charge in [-0.1, -0.05) is 51.9 Å². The van der Waals surface area contributed by atoms with E-state index in [0.29, 0.717) is 12.3 Å². The van der Waals surface area contributed by atoms with Gasteiger partial charge in [0.05, 0.1) is 5.56 Å². The molecular weight excluding hydrogens is 329 g/mol. The number of halogens is 3. The lowest BCUT2D eigenvalue weighted by Crippen LogP contribution is -2.17. The van der Waals surface area contributed by atoms with Gasteiger partial charge in [-0.2, -0.15) is 13.2 Å². The number of benzene rings is 1. The van der Waals surface area contributed by atoms with E-state index < -0.39 is 11.7 Å². The number of ether oxygens (including phenoxy) is 1. The lowest BCUT2D eigenvalue weighted by molar-refractivity contribution is -0.137. The molecule has 0 atom stereocenters. The fraction of sp³-hybridized carbons (Fsp3) is 0.650. The SMILES string of the molecule is CCCCC1CCC(CCC(=O)Oc2ccc(C(F)(F)F)cc2)CC1. The average molecular weight is 356 g/mol. The van der Waals surface area contributed by atoms with Crippen LogP contribution in [0.1, 0.15) is 70.3 Å². The van der Waals surface area contributed by atoms with Crippen molar-refractivity contribution in [3.05, 3.63) is 29.8 Å². The highest BCUT2D eigenvalue weighted by Gasteiger charge is 2.30. The summed E-state index contributed by atoms with van der Waals surface area (Å²) in [5.41, 5.74) is -0.743. The molecule has 1 aromatic rings. The second kappa shape index (κ2) is 9.25. The van der Waals surface area contributed by atoms with Gasteiger partial charge in [-0.25, -0.2) is 0 Å². The maximum absolute atomic E-state index is 12.5. The minimum absolute atomic E-state index is 0.168. The summed E-state index contributed by atoms with van der Waals surface area (Å²) >= 11 is 0. The van der Waals surface area contributed by atoms with Crippen LogP contribution in [-0.4, -0.2) is 5.97 Å². The second-order valence-corrected chi connectivity index (χ2v) is 7.06. The Kier molecular flexibility index (Phi) is 7.33. The van der Waals surface area contributed by atoms with Crippen LogP contribution < -0.4 is 4.74 Å². The van der Waals surface area contributed by atoms with E-state index >= 15 is 0 Å². The van der Waals surface area contributed by atoms with Crippen LogP contribution >= 0.6 is 0 Å². The van der Waals surface area contributed by atoms with Gasteiger partial charge >= 0.3 is 12.1 Å². The molecule has 0 spiro atoms. The Bertz CT molecular complexity index is 529. The van der Waals surface area contributed by atoms with Crippen LogP contribution in [0.3, 0.4) is 0 Å². The largest absolute Gasteiger partial charge is 0.427 e. The molecule has 0 N–H and O–H groups in total. The highest BCUT2D eigenvalue weighted by atomic mass is 19.4. The first-order chi connectivity index (χ1) is 11.9. The minimum atomic E-state index is -4.38. The molecule has 0 unspecified atom stereocenters. The number of hydrogen-bond donors (Lipinski definition) is 0. The van der Waals surface area contributed by atoms with Crippen molar-refractivity contribution in [1.29, 1.82) is 0 Å². The number of rotatable bonds is 7. The normalized spacial score (nSPS) is 21.1. The maximum Gasteiger partial charge on any atom is 0.416 e. The van der Waals surface area contributed by atoms with Crippen molar-refractivity contribution in [2.45, 2.75) is 70.9 Å². The first kappa shape index (κ1) is 19.8. The number of carbonyl (C=O) groups is 1. The summed E-state index contributed by atoms with van der Waals surface area (Å²) in [6.45, 7) is 2.22. The van der Waals surface area contributed by atoms with E-state index in [2.05, 4.69) is 6.92 Å². The van der Waals surface area contributed by atoms with Crippen LogP contribution in [0.25, 0.3) is 0 Å². The summed E-state index contributed by atoms with van der Waals surface area (Å²) in [6, 6.07) is 4.25. The quantitative estimate of drug-likeness (QED) is 0.418. The molecule has 0 heterocycles. The third-order valence-corrected chi connectivity index (χ3v) is 5.10. The van der Waals surface area contributed by atoms with Crippen molar-refractivity contribution >= 4 is 5.97 Å². The Labute approximate surface area is 147 Å². The van der Waals surface area contributed by atoms with Gasteiger partial charge in [-0.05, 0) is 42.5 Å². The smallest absolute Gasteiger partial charge is 0.416 e. The summed E-state index contributed by atoms with van der Waals surface area (Å²) in [7, 11) is 0. The second-order valence-electron chi connectivity index (χ2n) is 7.06. The van der Waals surface area contributed by atoms with Crippen molar-refractivity contribution in [3.8, 4) is 5.75 Å². The molecule has 1 aliphatic rings. The number of hydrogen-bond acceptors (Lipinski definition) is 2. The highest BCUT2D eigenvalue weighted by Crippen LogP contribution is 2.34. The third kappa shape index (κ3) is 6.71. The summed E-state index contributed by atoms with van der Waals surface area (Å²) in [6.07, 6.45) is 5.45.